The third kappa shape index (κ3) is 5.13. The van der Waals surface area contributed by atoms with Crippen LogP contribution in [0.5, 0.6) is 5.75 Å². The second-order valence-corrected chi connectivity index (χ2v) is 8.11. The summed E-state index contributed by atoms with van der Waals surface area (Å²) in [5, 5.41) is 2.95. The van der Waals surface area contributed by atoms with E-state index in [9.17, 15) is 4.79 Å². The van der Waals surface area contributed by atoms with Crippen molar-refractivity contribution in [2.45, 2.75) is 40.0 Å². The number of carbonyl (C=O) groups excluding carboxylic acids is 1. The van der Waals surface area contributed by atoms with Crippen molar-refractivity contribution in [1.29, 1.82) is 0 Å². The van der Waals surface area contributed by atoms with Gasteiger partial charge in [-0.1, -0.05) is 0 Å². The monoisotopic (exact) mass is 435 g/mol. The molecule has 0 spiro atoms. The summed E-state index contributed by atoms with van der Waals surface area (Å²) in [4.78, 5) is 27.8. The van der Waals surface area contributed by atoms with E-state index < -0.39 is 0 Å². The second-order valence-electron chi connectivity index (χ2n) is 8.11. The number of aromatic nitrogens is 3. The van der Waals surface area contributed by atoms with Crippen LogP contribution in [0.15, 0.2) is 35.3 Å². The number of nitrogens with one attached hydrogen (secondary N) is 1. The van der Waals surface area contributed by atoms with Crippen LogP contribution >= 0.6 is 0 Å². The molecule has 0 unspecified atom stereocenters. The number of oxazole rings is 1. The molecule has 0 saturated carbocycles. The molecular formula is C24H29N5O3. The molecule has 0 radical (unpaired) electrons. The Labute approximate surface area is 188 Å². The van der Waals surface area contributed by atoms with E-state index in [-0.39, 0.29) is 12.3 Å². The van der Waals surface area contributed by atoms with Crippen molar-refractivity contribution in [3.05, 3.63) is 53.8 Å². The Morgan fingerprint density at radius 1 is 1.09 bits per heavy atom. The van der Waals surface area contributed by atoms with Crippen molar-refractivity contribution in [3.8, 4) is 16.9 Å². The van der Waals surface area contributed by atoms with Crippen LogP contribution in [0.2, 0.25) is 0 Å². The summed E-state index contributed by atoms with van der Waals surface area (Å²) in [6.45, 7) is 9.51. The highest BCUT2D eigenvalue weighted by atomic mass is 16.5. The molecule has 3 heterocycles. The Bertz CT molecular complexity index is 1070. The quantitative estimate of drug-likeness (QED) is 0.576. The van der Waals surface area contributed by atoms with Gasteiger partial charge in [-0.15, -0.1) is 0 Å². The van der Waals surface area contributed by atoms with E-state index in [4.69, 9.17) is 9.15 Å². The summed E-state index contributed by atoms with van der Waals surface area (Å²) >= 11 is 0. The molecule has 3 aromatic rings. The Morgan fingerprint density at radius 2 is 1.84 bits per heavy atom. The van der Waals surface area contributed by atoms with Gasteiger partial charge in [0.25, 0.3) is 0 Å². The smallest absolute Gasteiger partial charge is 0.232 e. The summed E-state index contributed by atoms with van der Waals surface area (Å²) in [6, 6.07) is 5.68. The fourth-order valence-electron chi connectivity index (χ4n) is 4.05. The number of amides is 1. The zero-order valence-electron chi connectivity index (χ0n) is 18.9. The SMILES string of the molecule is Cc1ncoc1CC(=O)Nc1ccc(OCCN2CCCC2)c(-c2c(C)ncnc2C)c1. The largest absolute Gasteiger partial charge is 0.492 e. The van der Waals surface area contributed by atoms with Gasteiger partial charge in [0.15, 0.2) is 6.39 Å². The van der Waals surface area contributed by atoms with E-state index in [1.165, 1.54) is 19.2 Å². The van der Waals surface area contributed by atoms with Gasteiger partial charge in [0.2, 0.25) is 5.91 Å². The zero-order chi connectivity index (χ0) is 22.5. The number of benzene rings is 1. The van der Waals surface area contributed by atoms with Crippen LogP contribution in [0.25, 0.3) is 11.1 Å². The minimum atomic E-state index is -0.170. The molecule has 1 aliphatic rings. The molecular weight excluding hydrogens is 406 g/mol. The van der Waals surface area contributed by atoms with Crippen molar-refractivity contribution >= 4 is 11.6 Å². The first kappa shape index (κ1) is 22.0. The lowest BCUT2D eigenvalue weighted by molar-refractivity contribution is -0.115. The minimum Gasteiger partial charge on any atom is -0.492 e. The lowest BCUT2D eigenvalue weighted by atomic mass is 10.0. The highest BCUT2D eigenvalue weighted by Crippen LogP contribution is 2.35. The molecule has 1 aromatic carbocycles. The van der Waals surface area contributed by atoms with Crippen molar-refractivity contribution in [1.82, 2.24) is 19.9 Å². The lowest BCUT2D eigenvalue weighted by Gasteiger charge is -2.18. The Hall–Kier alpha value is -3.26. The molecule has 168 valence electrons. The normalized spacial score (nSPS) is 14.0. The number of likely N-dealkylation sites (tertiary alicyclic amines) is 1. The summed E-state index contributed by atoms with van der Waals surface area (Å²) < 4.78 is 11.5. The fourth-order valence-corrected chi connectivity index (χ4v) is 4.05. The molecule has 8 heteroatoms. The predicted octanol–water partition coefficient (Wildman–Crippen LogP) is 3.71. The maximum Gasteiger partial charge on any atom is 0.232 e. The van der Waals surface area contributed by atoms with E-state index in [1.54, 1.807) is 6.33 Å². The molecule has 0 atom stereocenters. The third-order valence-electron chi connectivity index (χ3n) is 5.79. The van der Waals surface area contributed by atoms with Crippen molar-refractivity contribution in [2.24, 2.45) is 0 Å². The molecule has 1 aliphatic heterocycles. The van der Waals surface area contributed by atoms with Crippen LogP contribution < -0.4 is 10.1 Å². The number of hydrogen-bond acceptors (Lipinski definition) is 7. The van der Waals surface area contributed by atoms with E-state index in [0.29, 0.717) is 18.1 Å². The van der Waals surface area contributed by atoms with E-state index in [1.807, 2.05) is 39.0 Å². The Morgan fingerprint density at radius 3 is 2.53 bits per heavy atom. The number of carbonyl (C=O) groups is 1. The third-order valence-corrected chi connectivity index (χ3v) is 5.79. The maximum atomic E-state index is 12.6. The minimum absolute atomic E-state index is 0.127. The zero-order valence-corrected chi connectivity index (χ0v) is 18.9. The van der Waals surface area contributed by atoms with Crippen LogP contribution in [-0.4, -0.2) is 52.0 Å². The van der Waals surface area contributed by atoms with Gasteiger partial charge >= 0.3 is 0 Å². The predicted molar refractivity (Wildman–Crippen MR) is 122 cm³/mol. The Kier molecular flexibility index (Phi) is 6.80. The summed E-state index contributed by atoms with van der Waals surface area (Å²) in [5.74, 6) is 1.15. The van der Waals surface area contributed by atoms with Crippen LogP contribution in [0.3, 0.4) is 0 Å². The first-order valence-corrected chi connectivity index (χ1v) is 11.0. The molecule has 8 nitrogen and oxygen atoms in total. The first-order valence-electron chi connectivity index (χ1n) is 11.0. The average Bonchev–Trinajstić information content (AvgIpc) is 3.41. The van der Waals surface area contributed by atoms with Gasteiger partial charge in [-0.3, -0.25) is 9.69 Å². The number of hydrogen-bond donors (Lipinski definition) is 1. The Balaban J connectivity index is 1.56. The highest BCUT2D eigenvalue weighted by Gasteiger charge is 2.17. The molecule has 2 aromatic heterocycles. The molecule has 1 N–H and O–H groups in total. The van der Waals surface area contributed by atoms with E-state index in [2.05, 4.69) is 25.2 Å². The lowest BCUT2D eigenvalue weighted by Crippen LogP contribution is -2.25. The number of nitrogens with zero attached hydrogens (tertiary/aromatic N) is 4. The van der Waals surface area contributed by atoms with Gasteiger partial charge in [0, 0.05) is 34.7 Å². The van der Waals surface area contributed by atoms with Crippen LogP contribution in [0.4, 0.5) is 5.69 Å². The topological polar surface area (TPSA) is 93.4 Å². The van der Waals surface area contributed by atoms with E-state index in [0.717, 1.165) is 53.6 Å². The summed E-state index contributed by atoms with van der Waals surface area (Å²) in [7, 11) is 0. The standard InChI is InChI=1S/C24H29N5O3/c1-16-22(32-15-27-16)13-23(30)28-19-6-7-21(31-11-10-29-8-4-5-9-29)20(12-19)24-17(2)25-14-26-18(24)3/h6-7,12,14-15H,4-5,8-11,13H2,1-3H3,(H,28,30). The van der Waals surface area contributed by atoms with Crippen molar-refractivity contribution in [2.75, 3.05) is 31.6 Å². The van der Waals surface area contributed by atoms with Crippen molar-refractivity contribution < 1.29 is 13.9 Å². The number of rotatable bonds is 8. The van der Waals surface area contributed by atoms with Gasteiger partial charge in [-0.05, 0) is 64.9 Å². The summed E-state index contributed by atoms with van der Waals surface area (Å²) in [6.07, 6.45) is 5.56. The number of aryl methyl sites for hydroxylation is 3. The molecule has 4 rings (SSSR count). The van der Waals surface area contributed by atoms with Gasteiger partial charge in [0.05, 0.1) is 12.1 Å². The maximum absolute atomic E-state index is 12.6. The molecule has 32 heavy (non-hydrogen) atoms. The number of ether oxygens (including phenoxy) is 1. The molecule has 1 amide bonds. The second kappa shape index (κ2) is 9.91. The molecule has 1 fully saturated rings. The first-order chi connectivity index (χ1) is 15.5. The number of anilines is 1. The van der Waals surface area contributed by atoms with Crippen LogP contribution in [-0.2, 0) is 11.2 Å². The van der Waals surface area contributed by atoms with Gasteiger partial charge in [0.1, 0.15) is 24.4 Å². The van der Waals surface area contributed by atoms with Crippen LogP contribution in [0.1, 0.15) is 35.7 Å². The highest BCUT2D eigenvalue weighted by molar-refractivity contribution is 5.93. The van der Waals surface area contributed by atoms with Gasteiger partial charge < -0.3 is 14.5 Å². The average molecular weight is 436 g/mol. The van der Waals surface area contributed by atoms with Gasteiger partial charge in [-0.25, -0.2) is 15.0 Å². The van der Waals surface area contributed by atoms with Gasteiger partial charge in [-0.2, -0.15) is 0 Å². The summed E-state index contributed by atoms with van der Waals surface area (Å²) in [5.41, 5.74) is 4.92. The van der Waals surface area contributed by atoms with E-state index >= 15 is 0 Å². The molecule has 1 saturated heterocycles. The van der Waals surface area contributed by atoms with Crippen LogP contribution in [0, 0.1) is 20.8 Å². The molecule has 0 aliphatic carbocycles. The van der Waals surface area contributed by atoms with Crippen molar-refractivity contribution in [3.63, 3.8) is 0 Å². The fraction of sp³-hybridized carbons (Fsp3) is 0.417. The molecule has 0 bridgehead atoms.